The molecule has 1 aromatic carbocycles. The van der Waals surface area contributed by atoms with Gasteiger partial charge in [-0.3, -0.25) is 14.9 Å². The summed E-state index contributed by atoms with van der Waals surface area (Å²) in [6.07, 6.45) is 0.600. The topological polar surface area (TPSA) is 60.2 Å². The lowest BCUT2D eigenvalue weighted by atomic mass is 10.1. The Labute approximate surface area is 79.3 Å². The van der Waals surface area contributed by atoms with Gasteiger partial charge in [-0.2, -0.15) is 0 Å². The highest BCUT2D eigenvalue weighted by molar-refractivity contribution is 6.33. The van der Waals surface area contributed by atoms with Crippen molar-refractivity contribution in [2.75, 3.05) is 0 Å². The first-order valence-electron chi connectivity index (χ1n) is 3.46. The van der Waals surface area contributed by atoms with Crippen LogP contribution >= 0.6 is 11.6 Å². The predicted octanol–water partition coefficient (Wildman–Crippen LogP) is 2.37. The number of carbonyl (C=O) groups excluding carboxylic acids is 1. The zero-order chi connectivity index (χ0) is 10.0. The second kappa shape index (κ2) is 3.53. The van der Waals surface area contributed by atoms with Crippen LogP contribution in [0.2, 0.25) is 5.02 Å². The van der Waals surface area contributed by atoms with Crippen LogP contribution in [0.25, 0.3) is 0 Å². The number of aryl methyl sites for hydroxylation is 1. The van der Waals surface area contributed by atoms with Crippen LogP contribution in [0.1, 0.15) is 15.9 Å². The molecule has 0 fully saturated rings. The summed E-state index contributed by atoms with van der Waals surface area (Å²) in [6.45, 7) is 1.54. The van der Waals surface area contributed by atoms with Gasteiger partial charge >= 0.3 is 0 Å². The molecule has 0 saturated heterocycles. The third-order valence-electron chi connectivity index (χ3n) is 1.59. The Hall–Kier alpha value is -1.42. The summed E-state index contributed by atoms with van der Waals surface area (Å²) >= 11 is 5.61. The Morgan fingerprint density at radius 3 is 2.54 bits per heavy atom. The molecule has 13 heavy (non-hydrogen) atoms. The molecule has 0 N–H and O–H groups in total. The van der Waals surface area contributed by atoms with E-state index in [2.05, 4.69) is 0 Å². The van der Waals surface area contributed by atoms with E-state index in [9.17, 15) is 14.9 Å². The van der Waals surface area contributed by atoms with Gasteiger partial charge in [0.2, 0.25) is 0 Å². The van der Waals surface area contributed by atoms with Gasteiger partial charge < -0.3 is 0 Å². The fourth-order valence-corrected chi connectivity index (χ4v) is 1.41. The molecule has 4 nitrogen and oxygen atoms in total. The molecule has 0 spiro atoms. The Morgan fingerprint density at radius 2 is 2.15 bits per heavy atom. The van der Waals surface area contributed by atoms with Gasteiger partial charge in [-0.25, -0.2) is 0 Å². The summed E-state index contributed by atoms with van der Waals surface area (Å²) < 4.78 is 0. The maximum atomic E-state index is 10.5. The van der Waals surface area contributed by atoms with Gasteiger partial charge in [0.1, 0.15) is 11.3 Å². The fourth-order valence-electron chi connectivity index (χ4n) is 1.06. The largest absolute Gasteiger partial charge is 0.298 e. The minimum Gasteiger partial charge on any atom is -0.298 e. The zero-order valence-electron chi connectivity index (χ0n) is 6.78. The molecule has 0 unspecified atom stereocenters. The van der Waals surface area contributed by atoms with E-state index in [4.69, 9.17) is 11.6 Å². The van der Waals surface area contributed by atoms with Crippen LogP contribution in [-0.2, 0) is 0 Å². The van der Waals surface area contributed by atoms with E-state index >= 15 is 0 Å². The summed E-state index contributed by atoms with van der Waals surface area (Å²) in [5.74, 6) is 0. The Morgan fingerprint density at radius 1 is 1.54 bits per heavy atom. The number of halogens is 1. The molecular weight excluding hydrogens is 194 g/mol. The molecule has 0 radical (unpaired) electrons. The minimum atomic E-state index is -0.563. The van der Waals surface area contributed by atoms with Gasteiger partial charge in [0, 0.05) is 11.1 Å². The van der Waals surface area contributed by atoms with Crippen LogP contribution < -0.4 is 0 Å². The Kier molecular flexibility index (Phi) is 2.63. The van der Waals surface area contributed by atoms with Crippen LogP contribution in [0.5, 0.6) is 0 Å². The first-order chi connectivity index (χ1) is 6.06. The number of hydrogen-bond donors (Lipinski definition) is 0. The van der Waals surface area contributed by atoms with Crippen LogP contribution in [0.15, 0.2) is 12.1 Å². The molecule has 0 saturated carbocycles. The lowest BCUT2D eigenvalue weighted by molar-refractivity contribution is -0.385. The molecule has 0 aliphatic carbocycles. The first kappa shape index (κ1) is 9.67. The molecule has 0 aromatic heterocycles. The van der Waals surface area contributed by atoms with Crippen molar-refractivity contribution in [3.63, 3.8) is 0 Å². The average Bonchev–Trinajstić information content (AvgIpc) is 2.02. The molecule has 0 heterocycles. The summed E-state index contributed by atoms with van der Waals surface area (Å²) in [6, 6.07) is 2.71. The quantitative estimate of drug-likeness (QED) is 0.417. The number of rotatable bonds is 2. The van der Waals surface area contributed by atoms with Crippen molar-refractivity contribution in [3.8, 4) is 0 Å². The van der Waals surface area contributed by atoms with Gasteiger partial charge in [0.25, 0.3) is 5.69 Å². The average molecular weight is 200 g/mol. The molecule has 1 aromatic rings. The highest BCUT2D eigenvalue weighted by Crippen LogP contribution is 2.28. The number of aldehydes is 1. The highest BCUT2D eigenvalue weighted by atomic mass is 35.5. The number of nitro groups is 1. The maximum Gasteiger partial charge on any atom is 0.290 e. The van der Waals surface area contributed by atoms with Gasteiger partial charge in [0.05, 0.1) is 4.92 Å². The van der Waals surface area contributed by atoms with E-state index in [0.717, 1.165) is 0 Å². The molecule has 0 aliphatic rings. The van der Waals surface area contributed by atoms with Crippen molar-refractivity contribution in [2.45, 2.75) is 6.92 Å². The van der Waals surface area contributed by atoms with Crippen molar-refractivity contribution in [1.29, 1.82) is 0 Å². The molecule has 0 atom stereocenters. The predicted molar refractivity (Wildman–Crippen MR) is 48.2 cm³/mol. The van der Waals surface area contributed by atoms with Crippen molar-refractivity contribution in [1.82, 2.24) is 0 Å². The van der Waals surface area contributed by atoms with E-state index < -0.39 is 4.92 Å². The SMILES string of the molecule is Cc1cc(C=O)cc(Cl)c1[N+](=O)[O-]. The molecule has 0 amide bonds. The van der Waals surface area contributed by atoms with Gasteiger partial charge in [-0.1, -0.05) is 11.6 Å². The first-order valence-corrected chi connectivity index (χ1v) is 3.83. The number of nitro benzene ring substituents is 1. The number of nitrogens with zero attached hydrogens (tertiary/aromatic N) is 1. The van der Waals surface area contributed by atoms with Crippen LogP contribution in [-0.4, -0.2) is 11.2 Å². The van der Waals surface area contributed by atoms with E-state index in [1.807, 2.05) is 0 Å². The summed E-state index contributed by atoms with van der Waals surface area (Å²) in [5.41, 5.74) is 0.583. The standard InChI is InChI=1S/C8H6ClNO3/c1-5-2-6(4-11)3-7(9)8(5)10(12)13/h2-4H,1H3. The lowest BCUT2D eigenvalue weighted by Gasteiger charge is -1.99. The summed E-state index contributed by atoms with van der Waals surface area (Å²) in [7, 11) is 0. The van der Waals surface area contributed by atoms with Crippen LogP contribution in [0.3, 0.4) is 0 Å². The Balaban J connectivity index is 3.39. The van der Waals surface area contributed by atoms with Gasteiger partial charge in [0.15, 0.2) is 0 Å². The summed E-state index contributed by atoms with van der Waals surface area (Å²) in [4.78, 5) is 20.3. The van der Waals surface area contributed by atoms with E-state index in [1.165, 1.54) is 19.1 Å². The monoisotopic (exact) mass is 199 g/mol. The molecule has 0 aliphatic heterocycles. The second-order valence-electron chi connectivity index (χ2n) is 2.54. The molecular formula is C8H6ClNO3. The van der Waals surface area contributed by atoms with Crippen molar-refractivity contribution < 1.29 is 9.72 Å². The normalized spacial score (nSPS) is 9.69. The third kappa shape index (κ3) is 1.84. The van der Waals surface area contributed by atoms with Crippen molar-refractivity contribution in [3.05, 3.63) is 38.4 Å². The lowest BCUT2D eigenvalue weighted by Crippen LogP contribution is -1.94. The second-order valence-corrected chi connectivity index (χ2v) is 2.95. The van der Waals surface area contributed by atoms with E-state index in [1.54, 1.807) is 0 Å². The molecule has 5 heteroatoms. The highest BCUT2D eigenvalue weighted by Gasteiger charge is 2.16. The molecule has 1 rings (SSSR count). The van der Waals surface area contributed by atoms with Gasteiger partial charge in [-0.05, 0) is 19.1 Å². The smallest absolute Gasteiger partial charge is 0.290 e. The Bertz CT molecular complexity index is 353. The van der Waals surface area contributed by atoms with Gasteiger partial charge in [-0.15, -0.1) is 0 Å². The fraction of sp³-hybridized carbons (Fsp3) is 0.125. The third-order valence-corrected chi connectivity index (χ3v) is 1.88. The number of carbonyl (C=O) groups is 1. The van der Waals surface area contributed by atoms with Crippen molar-refractivity contribution in [2.24, 2.45) is 0 Å². The zero-order valence-corrected chi connectivity index (χ0v) is 7.54. The van der Waals surface area contributed by atoms with E-state index in [-0.39, 0.29) is 10.7 Å². The minimum absolute atomic E-state index is 0.00731. The molecule has 68 valence electrons. The molecule has 0 bridgehead atoms. The maximum absolute atomic E-state index is 10.5. The van der Waals surface area contributed by atoms with E-state index in [0.29, 0.717) is 17.4 Å². The summed E-state index contributed by atoms with van der Waals surface area (Å²) in [5, 5.41) is 10.5. The van der Waals surface area contributed by atoms with Crippen molar-refractivity contribution >= 4 is 23.6 Å². The number of benzene rings is 1. The van der Waals surface area contributed by atoms with Crippen LogP contribution in [0.4, 0.5) is 5.69 Å². The number of hydrogen-bond acceptors (Lipinski definition) is 3. The van der Waals surface area contributed by atoms with Crippen LogP contribution in [0, 0.1) is 17.0 Å².